The monoisotopic (exact) mass is 394 g/mol. The molecule has 1 heterocycles. The Hall–Kier alpha value is -2.96. The van der Waals surface area contributed by atoms with Crippen LogP contribution in [-0.4, -0.2) is 23.0 Å². The molecule has 0 radical (unpaired) electrons. The molecule has 0 fully saturated rings. The van der Waals surface area contributed by atoms with Gasteiger partial charge in [0.1, 0.15) is 0 Å². The Bertz CT molecular complexity index is 926. The van der Waals surface area contributed by atoms with E-state index in [9.17, 15) is 14.7 Å². The number of carbonyl (C=O) groups is 2. The largest absolute Gasteiger partial charge is 0.387 e. The first kappa shape index (κ1) is 19.8. The lowest BCUT2D eigenvalue weighted by Crippen LogP contribution is -2.37. The lowest BCUT2D eigenvalue weighted by Gasteiger charge is -2.17. The molecule has 0 aliphatic rings. The zero-order valence-corrected chi connectivity index (χ0v) is 16.3. The van der Waals surface area contributed by atoms with Gasteiger partial charge in [0.15, 0.2) is 5.78 Å². The highest BCUT2D eigenvalue weighted by Gasteiger charge is 2.16. The summed E-state index contributed by atoms with van der Waals surface area (Å²) in [6, 6.07) is 19.0. The molecule has 2 amide bonds. The van der Waals surface area contributed by atoms with E-state index < -0.39 is 6.10 Å². The average molecular weight is 394 g/mol. The van der Waals surface area contributed by atoms with Crippen LogP contribution in [0.2, 0.25) is 0 Å². The molecule has 0 saturated heterocycles. The van der Waals surface area contributed by atoms with E-state index in [2.05, 4.69) is 10.6 Å². The summed E-state index contributed by atoms with van der Waals surface area (Å²) in [4.78, 5) is 25.7. The number of anilines is 1. The first-order chi connectivity index (χ1) is 13.5. The van der Waals surface area contributed by atoms with Crippen LogP contribution in [0.15, 0.2) is 72.1 Å². The van der Waals surface area contributed by atoms with Crippen LogP contribution >= 0.6 is 11.3 Å². The second kappa shape index (κ2) is 9.30. The van der Waals surface area contributed by atoms with Gasteiger partial charge in [-0.15, -0.1) is 11.3 Å². The van der Waals surface area contributed by atoms with Gasteiger partial charge < -0.3 is 15.7 Å². The number of thiophene rings is 1. The highest BCUT2D eigenvalue weighted by atomic mass is 32.1. The molecule has 0 saturated carbocycles. The number of hydrogen-bond acceptors (Lipinski definition) is 4. The van der Waals surface area contributed by atoms with Crippen molar-refractivity contribution in [1.82, 2.24) is 5.32 Å². The summed E-state index contributed by atoms with van der Waals surface area (Å²) in [6.45, 7) is 1.84. The maximum absolute atomic E-state index is 12.5. The third-order valence-electron chi connectivity index (χ3n) is 4.24. The molecular weight excluding hydrogens is 372 g/mol. The van der Waals surface area contributed by atoms with Gasteiger partial charge in [0.2, 0.25) is 0 Å². The summed E-state index contributed by atoms with van der Waals surface area (Å²) in [5.74, 6) is -0.0999. The topological polar surface area (TPSA) is 78.4 Å². The van der Waals surface area contributed by atoms with Gasteiger partial charge in [0, 0.05) is 27.7 Å². The Balaban J connectivity index is 1.57. The fourth-order valence-electron chi connectivity index (χ4n) is 2.88. The number of benzene rings is 2. The lowest BCUT2D eigenvalue weighted by molar-refractivity contribution is 0.103. The van der Waals surface area contributed by atoms with Gasteiger partial charge in [-0.25, -0.2) is 4.79 Å². The standard InChI is InChI=1S/C22H22N2O3S/c1-15(13-19(25)20-11-6-12-28-20)23-22(27)24-18-10-5-9-17(14-18)21(26)16-7-3-2-4-8-16/h2-12,14-15,19,25H,13H2,1H3,(H2,23,24,27)/t15-,19-/m1/s1. The second-order valence-corrected chi connectivity index (χ2v) is 7.52. The van der Waals surface area contributed by atoms with Crippen molar-refractivity contribution in [2.75, 3.05) is 5.32 Å². The van der Waals surface area contributed by atoms with Crippen LogP contribution in [-0.2, 0) is 0 Å². The molecule has 3 N–H and O–H groups in total. The molecule has 0 unspecified atom stereocenters. The summed E-state index contributed by atoms with van der Waals surface area (Å²) in [6.07, 6.45) is -0.192. The second-order valence-electron chi connectivity index (χ2n) is 6.54. The van der Waals surface area contributed by atoms with Crippen molar-refractivity contribution in [1.29, 1.82) is 0 Å². The molecule has 6 heteroatoms. The number of carbonyl (C=O) groups excluding carboxylic acids is 2. The molecule has 0 spiro atoms. The maximum Gasteiger partial charge on any atom is 0.319 e. The van der Waals surface area contributed by atoms with E-state index in [0.29, 0.717) is 23.2 Å². The zero-order chi connectivity index (χ0) is 19.9. The molecule has 3 aromatic rings. The highest BCUT2D eigenvalue weighted by molar-refractivity contribution is 7.10. The van der Waals surface area contributed by atoms with Crippen molar-refractivity contribution in [3.8, 4) is 0 Å². The van der Waals surface area contributed by atoms with Gasteiger partial charge >= 0.3 is 6.03 Å². The van der Waals surface area contributed by atoms with Gasteiger partial charge in [-0.2, -0.15) is 0 Å². The van der Waals surface area contributed by atoms with Crippen molar-refractivity contribution in [3.63, 3.8) is 0 Å². The molecule has 3 rings (SSSR count). The zero-order valence-electron chi connectivity index (χ0n) is 15.5. The highest BCUT2D eigenvalue weighted by Crippen LogP contribution is 2.23. The van der Waals surface area contributed by atoms with E-state index in [4.69, 9.17) is 0 Å². The van der Waals surface area contributed by atoms with Crippen molar-refractivity contribution >= 4 is 28.8 Å². The summed E-state index contributed by atoms with van der Waals surface area (Å²) < 4.78 is 0. The van der Waals surface area contributed by atoms with Crippen molar-refractivity contribution in [3.05, 3.63) is 88.1 Å². The molecule has 1 aromatic heterocycles. The predicted octanol–water partition coefficient (Wildman–Crippen LogP) is 4.61. The molecule has 0 aliphatic heterocycles. The van der Waals surface area contributed by atoms with E-state index >= 15 is 0 Å². The Morgan fingerprint density at radius 1 is 1.00 bits per heavy atom. The van der Waals surface area contributed by atoms with Crippen molar-refractivity contribution in [2.45, 2.75) is 25.5 Å². The fraction of sp³-hybridized carbons (Fsp3) is 0.182. The van der Waals surface area contributed by atoms with E-state index in [1.165, 1.54) is 11.3 Å². The lowest BCUT2D eigenvalue weighted by atomic mass is 10.0. The summed E-state index contributed by atoms with van der Waals surface area (Å²) >= 11 is 1.49. The van der Waals surface area contributed by atoms with E-state index in [1.807, 2.05) is 42.6 Å². The molecule has 144 valence electrons. The molecule has 28 heavy (non-hydrogen) atoms. The third kappa shape index (κ3) is 5.28. The maximum atomic E-state index is 12.5. The van der Waals surface area contributed by atoms with Gasteiger partial charge in [-0.1, -0.05) is 48.5 Å². The number of amides is 2. The van der Waals surface area contributed by atoms with Crippen LogP contribution in [0.1, 0.15) is 40.2 Å². The quantitative estimate of drug-likeness (QED) is 0.512. The van der Waals surface area contributed by atoms with E-state index in [-0.39, 0.29) is 17.9 Å². The number of ketones is 1. The number of aliphatic hydroxyl groups excluding tert-OH is 1. The number of rotatable bonds is 7. The number of nitrogens with one attached hydrogen (secondary N) is 2. The molecule has 5 nitrogen and oxygen atoms in total. The molecule has 0 aliphatic carbocycles. The smallest absolute Gasteiger partial charge is 0.319 e. The molecule has 2 atom stereocenters. The summed E-state index contributed by atoms with van der Waals surface area (Å²) in [5.41, 5.74) is 1.63. The van der Waals surface area contributed by atoms with Crippen LogP contribution in [0.25, 0.3) is 0 Å². The predicted molar refractivity (Wildman–Crippen MR) is 112 cm³/mol. The minimum Gasteiger partial charge on any atom is -0.387 e. The van der Waals surface area contributed by atoms with Crippen molar-refractivity contribution in [2.24, 2.45) is 0 Å². The first-order valence-corrected chi connectivity index (χ1v) is 9.89. The normalized spacial score (nSPS) is 12.8. The summed E-state index contributed by atoms with van der Waals surface area (Å²) in [5, 5.41) is 17.7. The molecule has 2 aromatic carbocycles. The van der Waals surface area contributed by atoms with E-state index in [1.54, 1.807) is 36.4 Å². The molecule has 0 bridgehead atoms. The van der Waals surface area contributed by atoms with Gasteiger partial charge in [0.05, 0.1) is 6.10 Å². The number of hydrogen-bond donors (Lipinski definition) is 3. The molecular formula is C22H22N2O3S. The van der Waals surface area contributed by atoms with Crippen molar-refractivity contribution < 1.29 is 14.7 Å². The Morgan fingerprint density at radius 2 is 1.75 bits per heavy atom. The Kier molecular flexibility index (Phi) is 6.57. The van der Waals surface area contributed by atoms with Crippen LogP contribution < -0.4 is 10.6 Å². The van der Waals surface area contributed by atoms with E-state index in [0.717, 1.165) is 4.88 Å². The van der Waals surface area contributed by atoms with Crippen LogP contribution in [0.3, 0.4) is 0 Å². The number of aliphatic hydroxyl groups is 1. The van der Waals surface area contributed by atoms with Crippen LogP contribution in [0.4, 0.5) is 10.5 Å². The van der Waals surface area contributed by atoms with Gasteiger partial charge in [-0.3, -0.25) is 4.79 Å². The minimum absolute atomic E-state index is 0.0999. The fourth-order valence-corrected chi connectivity index (χ4v) is 3.60. The SMILES string of the molecule is C[C@H](C[C@@H](O)c1cccs1)NC(=O)Nc1cccc(C(=O)c2ccccc2)c1. The minimum atomic E-state index is -0.609. The number of urea groups is 1. The summed E-state index contributed by atoms with van der Waals surface area (Å²) in [7, 11) is 0. The van der Waals surface area contributed by atoms with Gasteiger partial charge in [0.25, 0.3) is 0 Å². The average Bonchev–Trinajstić information content (AvgIpc) is 3.23. The van der Waals surface area contributed by atoms with Crippen LogP contribution in [0.5, 0.6) is 0 Å². The Labute approximate surface area is 168 Å². The van der Waals surface area contributed by atoms with Gasteiger partial charge in [-0.05, 0) is 36.9 Å². The third-order valence-corrected chi connectivity index (χ3v) is 5.22. The first-order valence-electron chi connectivity index (χ1n) is 9.01. The Morgan fingerprint density at radius 3 is 2.46 bits per heavy atom. The van der Waals surface area contributed by atoms with Crippen LogP contribution in [0, 0.1) is 0 Å².